The Kier molecular flexibility index (Phi) is 5.40. The Morgan fingerprint density at radius 1 is 1.32 bits per heavy atom. The highest BCUT2D eigenvalue weighted by Gasteiger charge is 2.22. The largest absolute Gasteiger partial charge is 0.206 e. The topological polar surface area (TPSA) is 0 Å². The van der Waals surface area contributed by atoms with E-state index in [9.17, 15) is 8.78 Å². The molecule has 104 valence electrons. The third-order valence-electron chi connectivity index (χ3n) is 3.88. The summed E-state index contributed by atoms with van der Waals surface area (Å²) in [6, 6.07) is 4.75. The van der Waals surface area contributed by atoms with Gasteiger partial charge < -0.3 is 0 Å². The summed E-state index contributed by atoms with van der Waals surface area (Å²) in [5.41, 5.74) is 1.67. The van der Waals surface area contributed by atoms with Gasteiger partial charge in [-0.05, 0) is 55.2 Å². The number of halogens is 4. The van der Waals surface area contributed by atoms with Crippen LogP contribution in [0.1, 0.15) is 42.7 Å². The molecular weight excluding hydrogens is 334 g/mol. The van der Waals surface area contributed by atoms with Gasteiger partial charge in [0.05, 0.1) is 0 Å². The Balaban J connectivity index is 2.12. The maximum Gasteiger partial charge on any atom is 0.144 e. The van der Waals surface area contributed by atoms with Crippen molar-refractivity contribution in [3.63, 3.8) is 0 Å². The molecule has 1 aromatic rings. The highest BCUT2D eigenvalue weighted by atomic mass is 79.9. The van der Waals surface area contributed by atoms with Crippen LogP contribution in [0.15, 0.2) is 23.7 Å². The highest BCUT2D eigenvalue weighted by Crippen LogP contribution is 2.37. The predicted octanol–water partition coefficient (Wildman–Crippen LogP) is 6.00. The molecule has 0 saturated heterocycles. The second-order valence-corrected chi connectivity index (χ2v) is 5.93. The third kappa shape index (κ3) is 3.57. The minimum atomic E-state index is -0.728. The van der Waals surface area contributed by atoms with Crippen LogP contribution in [-0.2, 0) is 0 Å². The molecule has 0 aromatic heterocycles. The number of benzene rings is 1. The van der Waals surface area contributed by atoms with E-state index in [2.05, 4.69) is 15.9 Å². The molecule has 0 nitrogen and oxygen atoms in total. The van der Waals surface area contributed by atoms with Crippen LogP contribution < -0.4 is 0 Å². The van der Waals surface area contributed by atoms with Crippen LogP contribution in [0.25, 0.3) is 5.83 Å². The third-order valence-corrected chi connectivity index (χ3v) is 4.99. The van der Waals surface area contributed by atoms with E-state index in [-0.39, 0.29) is 5.56 Å². The van der Waals surface area contributed by atoms with E-state index >= 15 is 0 Å². The Labute approximate surface area is 126 Å². The van der Waals surface area contributed by atoms with Crippen molar-refractivity contribution in [3.8, 4) is 0 Å². The summed E-state index contributed by atoms with van der Waals surface area (Å²) in [5.74, 6) is -0.137. The van der Waals surface area contributed by atoms with Crippen molar-refractivity contribution in [2.45, 2.75) is 31.6 Å². The summed E-state index contributed by atoms with van der Waals surface area (Å²) in [5, 5.41) is 1.04. The molecule has 2 rings (SSSR count). The fraction of sp³-hybridized carbons (Fsp3) is 0.467. The molecule has 0 unspecified atom stereocenters. The molecule has 1 aliphatic carbocycles. The van der Waals surface area contributed by atoms with Gasteiger partial charge in [0, 0.05) is 16.4 Å². The first-order chi connectivity index (χ1) is 9.15. The van der Waals surface area contributed by atoms with Crippen LogP contribution in [0.5, 0.6) is 0 Å². The molecule has 0 heterocycles. The molecule has 19 heavy (non-hydrogen) atoms. The van der Waals surface area contributed by atoms with Gasteiger partial charge in [-0.2, -0.15) is 0 Å². The average Bonchev–Trinajstić information content (AvgIpc) is 2.46. The van der Waals surface area contributed by atoms with Crippen molar-refractivity contribution in [1.29, 1.82) is 0 Å². The van der Waals surface area contributed by atoms with Gasteiger partial charge in [0.2, 0.25) is 0 Å². The maximum absolute atomic E-state index is 13.8. The molecule has 1 saturated carbocycles. The number of hydrogen-bond donors (Lipinski definition) is 0. The van der Waals surface area contributed by atoms with Gasteiger partial charge >= 0.3 is 0 Å². The molecule has 0 bridgehead atoms. The summed E-state index contributed by atoms with van der Waals surface area (Å²) >= 11 is 8.78. The van der Waals surface area contributed by atoms with Crippen molar-refractivity contribution < 1.29 is 8.78 Å². The lowest BCUT2D eigenvalue weighted by molar-refractivity contribution is 0.353. The van der Waals surface area contributed by atoms with Crippen molar-refractivity contribution in [3.05, 3.63) is 40.7 Å². The van der Waals surface area contributed by atoms with Gasteiger partial charge in [-0.15, -0.1) is 0 Å². The summed E-state index contributed by atoms with van der Waals surface area (Å²) < 4.78 is 27.1. The van der Waals surface area contributed by atoms with E-state index in [4.69, 9.17) is 11.6 Å². The Hall–Kier alpha value is -0.410. The zero-order valence-corrected chi connectivity index (χ0v) is 12.9. The second kappa shape index (κ2) is 6.85. The minimum Gasteiger partial charge on any atom is -0.206 e. The Bertz CT molecular complexity index is 465. The zero-order valence-electron chi connectivity index (χ0n) is 10.5. The maximum atomic E-state index is 13.8. The van der Waals surface area contributed by atoms with Crippen LogP contribution >= 0.6 is 27.5 Å². The van der Waals surface area contributed by atoms with E-state index in [0.29, 0.717) is 5.92 Å². The molecule has 0 aliphatic heterocycles. The highest BCUT2D eigenvalue weighted by molar-refractivity contribution is 9.09. The molecule has 1 fully saturated rings. The summed E-state index contributed by atoms with van der Waals surface area (Å²) in [4.78, 5) is 0. The van der Waals surface area contributed by atoms with Crippen molar-refractivity contribution >= 4 is 33.4 Å². The Morgan fingerprint density at radius 2 is 2.00 bits per heavy atom. The van der Waals surface area contributed by atoms with E-state index in [1.165, 1.54) is 12.1 Å². The van der Waals surface area contributed by atoms with Gasteiger partial charge in [0.25, 0.3) is 0 Å². The average molecular weight is 350 g/mol. The molecule has 0 N–H and O–H groups in total. The Morgan fingerprint density at radius 3 is 2.53 bits per heavy atom. The lowest BCUT2D eigenvalue weighted by atomic mass is 9.79. The van der Waals surface area contributed by atoms with E-state index in [1.54, 1.807) is 0 Å². The van der Waals surface area contributed by atoms with Crippen LogP contribution in [0.4, 0.5) is 8.78 Å². The van der Waals surface area contributed by atoms with Crippen LogP contribution in [-0.4, -0.2) is 5.33 Å². The van der Waals surface area contributed by atoms with Crippen molar-refractivity contribution in [2.24, 2.45) is 5.92 Å². The van der Waals surface area contributed by atoms with E-state index in [0.717, 1.165) is 48.0 Å². The van der Waals surface area contributed by atoms with Gasteiger partial charge in [-0.1, -0.05) is 33.6 Å². The van der Waals surface area contributed by atoms with Gasteiger partial charge in [0.15, 0.2) is 0 Å². The molecule has 0 spiro atoms. The monoisotopic (exact) mass is 348 g/mol. The first kappa shape index (κ1) is 15.0. The summed E-state index contributed by atoms with van der Waals surface area (Å²) in [6.45, 7) is 0. The lowest BCUT2D eigenvalue weighted by Gasteiger charge is -2.27. The number of hydrogen-bond acceptors (Lipinski definition) is 0. The lowest BCUT2D eigenvalue weighted by Crippen LogP contribution is -2.14. The zero-order chi connectivity index (χ0) is 13.8. The quantitative estimate of drug-likeness (QED) is 0.587. The standard InChI is InChI=1S/C15H16BrClF2/c16-8-10-1-3-11(4-2-10)12-5-6-13(14(18)7-12)15(19)9-17/h5-7,9-11H,1-4,8H2. The molecule has 0 amide bonds. The SMILES string of the molecule is FC(=CCl)c1ccc(C2CCC(CBr)CC2)cc1F. The van der Waals surface area contributed by atoms with Gasteiger partial charge in [-0.3, -0.25) is 0 Å². The van der Waals surface area contributed by atoms with Crippen molar-refractivity contribution in [1.82, 2.24) is 0 Å². The van der Waals surface area contributed by atoms with Crippen LogP contribution in [0.2, 0.25) is 0 Å². The second-order valence-electron chi connectivity index (χ2n) is 5.07. The molecule has 4 heteroatoms. The summed E-state index contributed by atoms with van der Waals surface area (Å²) in [6.07, 6.45) is 4.47. The van der Waals surface area contributed by atoms with E-state index < -0.39 is 11.6 Å². The van der Waals surface area contributed by atoms with Crippen LogP contribution in [0.3, 0.4) is 0 Å². The van der Waals surface area contributed by atoms with Crippen molar-refractivity contribution in [2.75, 3.05) is 5.33 Å². The minimum absolute atomic E-state index is 0.0621. The molecule has 0 radical (unpaired) electrons. The normalized spacial score (nSPS) is 24.5. The molecule has 0 atom stereocenters. The van der Waals surface area contributed by atoms with E-state index in [1.807, 2.05) is 6.07 Å². The summed E-state index contributed by atoms with van der Waals surface area (Å²) in [7, 11) is 0. The van der Waals surface area contributed by atoms with Gasteiger partial charge in [0.1, 0.15) is 11.6 Å². The molecular formula is C15H16BrClF2. The molecule has 1 aliphatic rings. The fourth-order valence-electron chi connectivity index (χ4n) is 2.69. The number of alkyl halides is 1. The molecule has 1 aromatic carbocycles. The fourth-order valence-corrected chi connectivity index (χ4v) is 3.45. The first-order valence-electron chi connectivity index (χ1n) is 6.47. The number of rotatable bonds is 3. The smallest absolute Gasteiger partial charge is 0.144 e. The first-order valence-corrected chi connectivity index (χ1v) is 8.03. The van der Waals surface area contributed by atoms with Gasteiger partial charge in [-0.25, -0.2) is 8.78 Å². The predicted molar refractivity (Wildman–Crippen MR) is 79.8 cm³/mol. The van der Waals surface area contributed by atoms with Crippen LogP contribution in [0, 0.1) is 11.7 Å².